The summed E-state index contributed by atoms with van der Waals surface area (Å²) < 4.78 is 32.5. The smallest absolute Gasteiger partial charge is 0.128 e. The van der Waals surface area contributed by atoms with Crippen LogP contribution in [0.2, 0.25) is 0 Å². The predicted octanol–water partition coefficient (Wildman–Crippen LogP) is 3.43. The van der Waals surface area contributed by atoms with Gasteiger partial charge >= 0.3 is 0 Å². The summed E-state index contributed by atoms with van der Waals surface area (Å²) in [5, 5.41) is 3.17. The zero-order chi connectivity index (χ0) is 13.5. The summed E-state index contributed by atoms with van der Waals surface area (Å²) in [6, 6.07) is 3.21. The third-order valence-corrected chi connectivity index (χ3v) is 2.96. The maximum absolute atomic E-state index is 13.8. The Bertz CT molecular complexity index is 371. The van der Waals surface area contributed by atoms with Crippen molar-refractivity contribution in [3.63, 3.8) is 0 Å². The zero-order valence-corrected chi connectivity index (χ0v) is 11.2. The lowest BCUT2D eigenvalue weighted by molar-refractivity contribution is 0.0599. The topological polar surface area (TPSA) is 21.3 Å². The molecule has 0 saturated heterocycles. The van der Waals surface area contributed by atoms with E-state index >= 15 is 0 Å². The molecule has 0 radical (unpaired) electrons. The molecule has 102 valence electrons. The Balaban J connectivity index is 3.05. The number of rotatable bonds is 7. The third-order valence-electron chi connectivity index (χ3n) is 2.96. The molecule has 0 aliphatic carbocycles. The van der Waals surface area contributed by atoms with Gasteiger partial charge in [0.1, 0.15) is 11.6 Å². The van der Waals surface area contributed by atoms with Crippen LogP contribution in [-0.4, -0.2) is 19.8 Å². The molecule has 18 heavy (non-hydrogen) atoms. The molecule has 0 bridgehead atoms. The fraction of sp³-hybridized carbons (Fsp3) is 0.571. The molecule has 0 spiro atoms. The van der Waals surface area contributed by atoms with Crippen LogP contribution in [0.5, 0.6) is 0 Å². The first-order chi connectivity index (χ1) is 8.63. The van der Waals surface area contributed by atoms with E-state index in [9.17, 15) is 8.78 Å². The van der Waals surface area contributed by atoms with E-state index in [2.05, 4.69) is 5.32 Å². The predicted molar refractivity (Wildman–Crippen MR) is 68.5 cm³/mol. The van der Waals surface area contributed by atoms with E-state index in [-0.39, 0.29) is 12.1 Å². The van der Waals surface area contributed by atoms with Gasteiger partial charge in [0.15, 0.2) is 0 Å². The van der Waals surface area contributed by atoms with Gasteiger partial charge in [0, 0.05) is 12.7 Å². The van der Waals surface area contributed by atoms with Gasteiger partial charge in [0.2, 0.25) is 0 Å². The minimum Gasteiger partial charge on any atom is -0.379 e. The van der Waals surface area contributed by atoms with Gasteiger partial charge in [0.25, 0.3) is 0 Å². The van der Waals surface area contributed by atoms with Gasteiger partial charge in [0.05, 0.1) is 12.1 Å². The Morgan fingerprint density at radius 2 is 2.00 bits per heavy atom. The van der Waals surface area contributed by atoms with E-state index in [0.29, 0.717) is 12.1 Å². The second-order valence-corrected chi connectivity index (χ2v) is 4.26. The molecule has 1 aromatic rings. The fourth-order valence-electron chi connectivity index (χ4n) is 2.12. The molecule has 2 nitrogen and oxygen atoms in total. The highest BCUT2D eigenvalue weighted by Crippen LogP contribution is 2.25. The van der Waals surface area contributed by atoms with E-state index in [1.807, 2.05) is 13.8 Å². The summed E-state index contributed by atoms with van der Waals surface area (Å²) in [5.41, 5.74) is 0.331. The van der Waals surface area contributed by atoms with Crippen LogP contribution in [0.15, 0.2) is 18.2 Å². The quantitative estimate of drug-likeness (QED) is 0.808. The van der Waals surface area contributed by atoms with Crippen molar-refractivity contribution in [2.24, 2.45) is 0 Å². The van der Waals surface area contributed by atoms with Gasteiger partial charge in [-0.05, 0) is 31.2 Å². The number of ether oxygens (including phenoxy) is 1. The van der Waals surface area contributed by atoms with E-state index < -0.39 is 11.6 Å². The summed E-state index contributed by atoms with van der Waals surface area (Å²) in [6.07, 6.45) is 1.56. The lowest BCUT2D eigenvalue weighted by atomic mass is 9.97. The minimum atomic E-state index is -0.430. The Morgan fingerprint density at radius 1 is 1.28 bits per heavy atom. The number of hydrogen-bond acceptors (Lipinski definition) is 2. The highest BCUT2D eigenvalue weighted by Gasteiger charge is 2.24. The molecule has 0 aliphatic rings. The van der Waals surface area contributed by atoms with E-state index in [1.54, 1.807) is 7.11 Å². The second kappa shape index (κ2) is 7.44. The van der Waals surface area contributed by atoms with Crippen molar-refractivity contribution < 1.29 is 13.5 Å². The molecule has 0 amide bonds. The van der Waals surface area contributed by atoms with Crippen molar-refractivity contribution in [1.82, 2.24) is 5.32 Å². The van der Waals surface area contributed by atoms with E-state index in [0.717, 1.165) is 25.0 Å². The summed E-state index contributed by atoms with van der Waals surface area (Å²) in [6.45, 7) is 4.64. The number of likely N-dealkylation sites (N-methyl/N-ethyl adjacent to an activating group) is 1. The molecule has 2 unspecified atom stereocenters. The van der Waals surface area contributed by atoms with Gasteiger partial charge in [-0.1, -0.05) is 20.3 Å². The average Bonchev–Trinajstić information content (AvgIpc) is 2.37. The van der Waals surface area contributed by atoms with Gasteiger partial charge in [-0.3, -0.25) is 0 Å². The van der Waals surface area contributed by atoms with Crippen molar-refractivity contribution in [1.29, 1.82) is 0 Å². The molecule has 0 aromatic heterocycles. The van der Waals surface area contributed by atoms with Crippen LogP contribution < -0.4 is 5.32 Å². The minimum absolute atomic E-state index is 0.161. The second-order valence-electron chi connectivity index (χ2n) is 4.26. The first-order valence-corrected chi connectivity index (χ1v) is 6.35. The summed E-state index contributed by atoms with van der Waals surface area (Å²) >= 11 is 0. The number of nitrogens with one attached hydrogen (secondary N) is 1. The first kappa shape index (κ1) is 15.1. The highest BCUT2D eigenvalue weighted by atomic mass is 19.1. The maximum Gasteiger partial charge on any atom is 0.128 e. The molecular formula is C14H21F2NO. The monoisotopic (exact) mass is 257 g/mol. The molecular weight excluding hydrogens is 236 g/mol. The largest absolute Gasteiger partial charge is 0.379 e. The van der Waals surface area contributed by atoms with Crippen LogP contribution in [0.25, 0.3) is 0 Å². The highest BCUT2D eigenvalue weighted by molar-refractivity contribution is 5.23. The Labute approximate surface area is 107 Å². The molecule has 0 aliphatic heterocycles. The summed E-state index contributed by atoms with van der Waals surface area (Å²) in [4.78, 5) is 0. The fourth-order valence-corrected chi connectivity index (χ4v) is 2.12. The molecule has 0 fully saturated rings. The number of hydrogen-bond donors (Lipinski definition) is 1. The Morgan fingerprint density at radius 3 is 2.56 bits per heavy atom. The molecule has 4 heteroatoms. The lowest BCUT2D eigenvalue weighted by Gasteiger charge is -2.27. The van der Waals surface area contributed by atoms with Crippen LogP contribution in [0.4, 0.5) is 8.78 Å². The van der Waals surface area contributed by atoms with Crippen molar-refractivity contribution in [2.45, 2.75) is 38.8 Å². The average molecular weight is 257 g/mol. The first-order valence-electron chi connectivity index (χ1n) is 6.35. The normalized spacial score (nSPS) is 14.5. The Hall–Kier alpha value is -1.00. The Kier molecular flexibility index (Phi) is 6.22. The zero-order valence-electron chi connectivity index (χ0n) is 11.2. The molecule has 1 rings (SSSR count). The third kappa shape index (κ3) is 3.75. The van der Waals surface area contributed by atoms with E-state index in [1.165, 1.54) is 6.07 Å². The van der Waals surface area contributed by atoms with Crippen molar-refractivity contribution in [3.05, 3.63) is 35.4 Å². The van der Waals surface area contributed by atoms with Crippen LogP contribution in [0.3, 0.4) is 0 Å². The van der Waals surface area contributed by atoms with Crippen LogP contribution in [0.1, 0.15) is 38.3 Å². The lowest BCUT2D eigenvalue weighted by Crippen LogP contribution is -2.34. The van der Waals surface area contributed by atoms with Crippen LogP contribution in [-0.2, 0) is 4.74 Å². The maximum atomic E-state index is 13.8. The summed E-state index contributed by atoms with van der Waals surface area (Å²) in [5.74, 6) is -0.832. The van der Waals surface area contributed by atoms with Gasteiger partial charge < -0.3 is 10.1 Å². The number of halogens is 2. The van der Waals surface area contributed by atoms with Crippen molar-refractivity contribution in [3.8, 4) is 0 Å². The number of methoxy groups -OCH3 is 1. The molecule has 2 atom stereocenters. The van der Waals surface area contributed by atoms with Gasteiger partial charge in [-0.15, -0.1) is 0 Å². The molecule has 0 saturated carbocycles. The van der Waals surface area contributed by atoms with Crippen molar-refractivity contribution in [2.75, 3.05) is 13.7 Å². The van der Waals surface area contributed by atoms with Crippen LogP contribution >= 0.6 is 0 Å². The van der Waals surface area contributed by atoms with E-state index in [4.69, 9.17) is 4.74 Å². The molecule has 0 heterocycles. The number of benzene rings is 1. The molecule has 1 aromatic carbocycles. The SMILES string of the molecule is CCCC(OC)C(NCC)c1cc(F)ccc1F. The summed E-state index contributed by atoms with van der Waals surface area (Å²) in [7, 11) is 1.60. The van der Waals surface area contributed by atoms with Crippen LogP contribution in [0, 0.1) is 11.6 Å². The molecule has 1 N–H and O–H groups in total. The standard InChI is InChI=1S/C14H21F2NO/c1-4-6-13(18-3)14(17-5-2)11-9-10(15)7-8-12(11)16/h7-9,13-14,17H,4-6H2,1-3H3. The van der Waals surface area contributed by atoms with Gasteiger partial charge in [-0.25, -0.2) is 8.78 Å². The van der Waals surface area contributed by atoms with Gasteiger partial charge in [-0.2, -0.15) is 0 Å². The van der Waals surface area contributed by atoms with Crippen molar-refractivity contribution >= 4 is 0 Å².